The Hall–Kier alpha value is -2.16. The van der Waals surface area contributed by atoms with E-state index in [1.807, 2.05) is 31.2 Å². The number of carbonyl (C=O) groups excluding carboxylic acids is 1. The number of carbonyl (C=O) groups is 1. The van der Waals surface area contributed by atoms with Crippen LogP contribution in [-0.4, -0.2) is 10.8 Å². The Labute approximate surface area is 94.4 Å². The molecule has 0 atom stereocenters. The molecule has 16 heavy (non-hydrogen) atoms. The van der Waals surface area contributed by atoms with Crippen LogP contribution in [0.2, 0.25) is 0 Å². The van der Waals surface area contributed by atoms with Gasteiger partial charge < -0.3 is 9.36 Å². The third kappa shape index (κ3) is 2.45. The van der Waals surface area contributed by atoms with E-state index in [1.165, 1.54) is 4.57 Å². The maximum atomic E-state index is 11.7. The van der Waals surface area contributed by atoms with Crippen LogP contribution in [0.15, 0.2) is 48.9 Å². The molecule has 0 aliphatic rings. The summed E-state index contributed by atoms with van der Waals surface area (Å²) < 4.78 is 1.53. The summed E-state index contributed by atoms with van der Waals surface area (Å²) in [6.07, 6.45) is 3.32. The number of aryl methyl sites for hydroxylation is 1. The minimum atomic E-state index is -0.156. The van der Waals surface area contributed by atoms with Crippen LogP contribution in [0.25, 0.3) is 0 Å². The van der Waals surface area contributed by atoms with Gasteiger partial charge in [-0.3, -0.25) is 0 Å². The van der Waals surface area contributed by atoms with E-state index in [0.717, 1.165) is 5.69 Å². The van der Waals surface area contributed by atoms with E-state index in [1.54, 1.807) is 24.7 Å². The predicted octanol–water partition coefficient (Wildman–Crippen LogP) is 1.45. The first kappa shape index (κ1) is 10.4. The van der Waals surface area contributed by atoms with E-state index in [-0.39, 0.29) is 5.78 Å². The number of ketones is 1. The molecule has 0 aliphatic carbocycles. The van der Waals surface area contributed by atoms with Crippen LogP contribution in [-0.2, 0) is 0 Å². The van der Waals surface area contributed by atoms with E-state index in [9.17, 15) is 4.79 Å². The molecule has 1 radical (unpaired) electrons. The molecule has 79 valence electrons. The molecule has 3 nitrogen and oxygen atoms in total. The summed E-state index contributed by atoms with van der Waals surface area (Å²) in [7, 11) is 0. The maximum absolute atomic E-state index is 11.7. The Bertz CT molecular complexity index is 477. The zero-order valence-corrected chi connectivity index (χ0v) is 8.92. The van der Waals surface area contributed by atoms with Crippen LogP contribution < -0.4 is 4.57 Å². The second-order valence-corrected chi connectivity index (χ2v) is 3.42. The molecule has 3 heteroatoms. The van der Waals surface area contributed by atoms with Crippen LogP contribution >= 0.6 is 0 Å². The van der Waals surface area contributed by atoms with Crippen molar-refractivity contribution in [2.24, 2.45) is 0 Å². The molecule has 1 aromatic heterocycles. The van der Waals surface area contributed by atoms with E-state index in [2.05, 4.69) is 11.5 Å². The molecular weight excluding hydrogens is 200 g/mol. The van der Waals surface area contributed by atoms with Gasteiger partial charge in [0.15, 0.2) is 0 Å². The van der Waals surface area contributed by atoms with Crippen molar-refractivity contribution in [1.29, 1.82) is 0 Å². The molecule has 1 aromatic carbocycles. The van der Waals surface area contributed by atoms with E-state index >= 15 is 0 Å². The zero-order chi connectivity index (χ0) is 11.4. The van der Waals surface area contributed by atoms with Crippen molar-refractivity contribution in [3.8, 4) is 0 Å². The van der Waals surface area contributed by atoms with E-state index in [4.69, 9.17) is 0 Å². The van der Waals surface area contributed by atoms with Crippen molar-refractivity contribution < 1.29 is 9.36 Å². The van der Waals surface area contributed by atoms with Crippen molar-refractivity contribution in [2.45, 2.75) is 6.92 Å². The Morgan fingerprint density at radius 3 is 2.62 bits per heavy atom. The normalized spacial score (nSPS) is 9.81. The number of aromatic nitrogens is 2. The molecule has 0 bridgehead atoms. The maximum Gasteiger partial charge on any atom is 0.212 e. The summed E-state index contributed by atoms with van der Waals surface area (Å²) in [6.45, 7) is 4.59. The number of Topliss-reactive ketones (excluding diaryl/α,β-unsaturated/α-hetero) is 1. The topological polar surface area (TPSA) is 33.8 Å². The van der Waals surface area contributed by atoms with Gasteiger partial charge in [0.1, 0.15) is 11.5 Å². The van der Waals surface area contributed by atoms with Crippen molar-refractivity contribution in [3.63, 3.8) is 0 Å². The van der Waals surface area contributed by atoms with Gasteiger partial charge in [-0.25, -0.2) is 0 Å². The van der Waals surface area contributed by atoms with Gasteiger partial charge in [0.2, 0.25) is 6.33 Å². The smallest absolute Gasteiger partial charge is 0.212 e. The third-order valence-corrected chi connectivity index (χ3v) is 2.13. The van der Waals surface area contributed by atoms with Crippen molar-refractivity contribution >= 4 is 5.78 Å². The average molecular weight is 211 g/mol. The molecule has 2 rings (SSSR count). The van der Waals surface area contributed by atoms with Crippen molar-refractivity contribution in [1.82, 2.24) is 4.98 Å². The van der Waals surface area contributed by atoms with Crippen LogP contribution in [0.5, 0.6) is 0 Å². The molecule has 0 saturated heterocycles. The minimum Gasteiger partial charge on any atom is -0.324 e. The van der Waals surface area contributed by atoms with Crippen LogP contribution in [0.1, 0.15) is 16.1 Å². The minimum absolute atomic E-state index is 0.156. The molecule has 0 N–H and O–H groups in total. The highest BCUT2D eigenvalue weighted by atomic mass is 16.1. The van der Waals surface area contributed by atoms with Gasteiger partial charge in [0, 0.05) is 13.1 Å². The number of hydrogen-bond acceptors (Lipinski definition) is 2. The number of nitrogens with zero attached hydrogens (tertiary/aromatic N) is 2. The van der Waals surface area contributed by atoms with Gasteiger partial charge in [0.05, 0.1) is 6.54 Å². The molecule has 0 amide bonds. The summed E-state index contributed by atoms with van der Waals surface area (Å²) in [5.41, 5.74) is 1.53. The largest absolute Gasteiger partial charge is 0.324 e. The lowest BCUT2D eigenvalue weighted by Crippen LogP contribution is -2.35. The summed E-state index contributed by atoms with van der Waals surface area (Å²) in [4.78, 5) is 15.8. The highest BCUT2D eigenvalue weighted by Gasteiger charge is 2.03. The quantitative estimate of drug-likeness (QED) is 0.437. The molecule has 2 aromatic rings. The lowest BCUT2D eigenvalue weighted by Gasteiger charge is -2.05. The molecule has 0 saturated carbocycles. The monoisotopic (exact) mass is 211 g/mol. The first-order chi connectivity index (χ1) is 7.75. The standard InChI is InChI=1S/C13H11N2O/c1-11-7-8-15(10-14-11)9-13(16)12-5-3-2-4-6-12/h2-8,10H,1H3. The fourth-order valence-electron chi connectivity index (χ4n) is 1.26. The Morgan fingerprint density at radius 2 is 2.00 bits per heavy atom. The highest BCUT2D eigenvalue weighted by Crippen LogP contribution is 2.00. The summed E-state index contributed by atoms with van der Waals surface area (Å²) in [6, 6.07) is 10.9. The van der Waals surface area contributed by atoms with Gasteiger partial charge in [-0.1, -0.05) is 30.3 Å². The number of rotatable bonds is 3. The van der Waals surface area contributed by atoms with Crippen LogP contribution in [0.3, 0.4) is 0 Å². The predicted molar refractivity (Wildman–Crippen MR) is 58.6 cm³/mol. The Kier molecular flexibility index (Phi) is 2.96. The van der Waals surface area contributed by atoms with Gasteiger partial charge in [-0.2, -0.15) is 0 Å². The Balaban J connectivity index is 2.11. The number of hydrogen-bond donors (Lipinski definition) is 0. The van der Waals surface area contributed by atoms with Crippen molar-refractivity contribution in [3.05, 3.63) is 66.7 Å². The second-order valence-electron chi connectivity index (χ2n) is 3.42. The highest BCUT2D eigenvalue weighted by molar-refractivity contribution is 6.00. The van der Waals surface area contributed by atoms with Gasteiger partial charge in [-0.05, 0) is 11.6 Å². The van der Waals surface area contributed by atoms with E-state index < -0.39 is 0 Å². The summed E-state index contributed by atoms with van der Waals surface area (Å²) in [5.74, 6) is -0.156. The molecule has 0 fully saturated rings. The van der Waals surface area contributed by atoms with E-state index in [0.29, 0.717) is 5.56 Å². The zero-order valence-electron chi connectivity index (χ0n) is 8.92. The second kappa shape index (κ2) is 4.57. The van der Waals surface area contributed by atoms with Gasteiger partial charge >= 0.3 is 0 Å². The Morgan fingerprint density at radius 1 is 1.25 bits per heavy atom. The molecule has 1 heterocycles. The number of benzene rings is 1. The summed E-state index contributed by atoms with van der Waals surface area (Å²) >= 11 is 0. The van der Waals surface area contributed by atoms with Gasteiger partial charge in [-0.15, -0.1) is 4.98 Å². The van der Waals surface area contributed by atoms with Gasteiger partial charge in [0.25, 0.3) is 0 Å². The fourth-order valence-corrected chi connectivity index (χ4v) is 1.26. The van der Waals surface area contributed by atoms with Crippen LogP contribution in [0.4, 0.5) is 0 Å². The SMILES string of the molecule is Cc1cc[n+]([C-]C(=O)c2ccccc2)cn1. The lowest BCUT2D eigenvalue weighted by atomic mass is 10.1. The molecular formula is C13H11N2O. The van der Waals surface area contributed by atoms with Crippen LogP contribution in [0, 0.1) is 13.5 Å². The average Bonchev–Trinajstić information content (AvgIpc) is 2.33. The summed E-state index contributed by atoms with van der Waals surface area (Å²) in [5, 5.41) is 0. The first-order valence-electron chi connectivity index (χ1n) is 4.96. The molecule has 0 unspecified atom stereocenters. The third-order valence-electron chi connectivity index (χ3n) is 2.13. The lowest BCUT2D eigenvalue weighted by molar-refractivity contribution is -0.628. The molecule has 0 aliphatic heterocycles. The fraction of sp³-hybridized carbons (Fsp3) is 0.0769. The van der Waals surface area contributed by atoms with Crippen molar-refractivity contribution in [2.75, 3.05) is 0 Å². The first-order valence-corrected chi connectivity index (χ1v) is 4.96. The molecule has 0 spiro atoms.